The maximum atomic E-state index is 12.5. The molecule has 0 radical (unpaired) electrons. The molecule has 1 heterocycles. The smallest absolute Gasteiger partial charge is 0.360 e. The highest BCUT2D eigenvalue weighted by Gasteiger charge is 2.30. The number of anilines is 1. The summed E-state index contributed by atoms with van der Waals surface area (Å²) in [7, 11) is 0. The third kappa shape index (κ3) is 4.51. The lowest BCUT2D eigenvalue weighted by atomic mass is 9.99. The van der Waals surface area contributed by atoms with E-state index in [1.165, 1.54) is 18.3 Å². The van der Waals surface area contributed by atoms with Gasteiger partial charge in [0, 0.05) is 25.0 Å². The first-order valence-electron chi connectivity index (χ1n) is 7.64. The fraction of sp³-hybridized carbons (Fsp3) is 0.412. The van der Waals surface area contributed by atoms with E-state index in [1.807, 2.05) is 6.07 Å². The Morgan fingerprint density at radius 3 is 2.38 bits per heavy atom. The molecule has 0 unspecified atom stereocenters. The number of halogens is 3. The Bertz CT molecular complexity index is 651. The van der Waals surface area contributed by atoms with Crippen LogP contribution >= 0.6 is 0 Å². The molecule has 0 aliphatic carbocycles. The molecule has 2 rings (SSSR count). The average Bonchev–Trinajstić information content (AvgIpc) is 2.55. The van der Waals surface area contributed by atoms with E-state index in [4.69, 9.17) is 5.26 Å². The molecule has 1 saturated heterocycles. The Morgan fingerprint density at radius 1 is 1.29 bits per heavy atom. The second-order valence-corrected chi connectivity index (χ2v) is 5.86. The summed E-state index contributed by atoms with van der Waals surface area (Å²) < 4.78 is 37.5. The molecule has 1 aromatic rings. The lowest BCUT2D eigenvalue weighted by Gasteiger charge is -2.30. The molecule has 4 nitrogen and oxygen atoms in total. The number of benzene rings is 1. The van der Waals surface area contributed by atoms with Gasteiger partial charge in [0.15, 0.2) is 0 Å². The Labute approximate surface area is 138 Å². The number of nitrogens with zero attached hydrogens (tertiary/aromatic N) is 2. The summed E-state index contributed by atoms with van der Waals surface area (Å²) >= 11 is 0. The van der Waals surface area contributed by atoms with Gasteiger partial charge in [-0.1, -0.05) is 6.92 Å². The van der Waals surface area contributed by atoms with Crippen molar-refractivity contribution in [1.29, 1.82) is 5.26 Å². The number of nitriles is 1. The summed E-state index contributed by atoms with van der Waals surface area (Å²) in [6.07, 6.45) is -1.36. The maximum absolute atomic E-state index is 12.5. The molecular formula is C17H18F3N3O. The van der Waals surface area contributed by atoms with E-state index in [0.717, 1.165) is 25.0 Å². The van der Waals surface area contributed by atoms with Crippen molar-refractivity contribution in [3.05, 3.63) is 41.6 Å². The zero-order chi connectivity index (χ0) is 17.7. The van der Waals surface area contributed by atoms with Crippen LogP contribution in [0.5, 0.6) is 0 Å². The largest absolute Gasteiger partial charge is 0.416 e. The van der Waals surface area contributed by atoms with Crippen molar-refractivity contribution < 1.29 is 18.0 Å². The van der Waals surface area contributed by atoms with Crippen LogP contribution in [-0.4, -0.2) is 23.9 Å². The van der Waals surface area contributed by atoms with Gasteiger partial charge in [-0.2, -0.15) is 18.4 Å². The van der Waals surface area contributed by atoms with Crippen molar-refractivity contribution in [2.75, 3.05) is 18.4 Å². The predicted molar refractivity (Wildman–Crippen MR) is 83.7 cm³/mol. The lowest BCUT2D eigenvalue weighted by molar-refractivity contribution is -0.137. The summed E-state index contributed by atoms with van der Waals surface area (Å²) in [4.78, 5) is 13.9. The van der Waals surface area contributed by atoms with Gasteiger partial charge in [-0.25, -0.2) is 0 Å². The molecule has 1 aliphatic rings. The van der Waals surface area contributed by atoms with E-state index in [9.17, 15) is 18.0 Å². The molecule has 0 bridgehead atoms. The van der Waals surface area contributed by atoms with Crippen LogP contribution in [0.2, 0.25) is 0 Å². The molecule has 0 saturated carbocycles. The third-order valence-corrected chi connectivity index (χ3v) is 4.02. The van der Waals surface area contributed by atoms with Gasteiger partial charge in [0.1, 0.15) is 11.6 Å². The molecule has 7 heteroatoms. The number of amides is 1. The van der Waals surface area contributed by atoms with E-state index < -0.39 is 11.7 Å². The Morgan fingerprint density at radius 2 is 1.88 bits per heavy atom. The summed E-state index contributed by atoms with van der Waals surface area (Å²) in [5, 5.41) is 11.9. The normalized spacial score (nSPS) is 16.6. The Balaban J connectivity index is 2.03. The van der Waals surface area contributed by atoms with Gasteiger partial charge in [-0.15, -0.1) is 0 Å². The highest BCUT2D eigenvalue weighted by molar-refractivity contribution is 5.97. The summed E-state index contributed by atoms with van der Waals surface area (Å²) in [5.41, 5.74) is -0.448. The van der Waals surface area contributed by atoms with E-state index in [0.29, 0.717) is 24.7 Å². The van der Waals surface area contributed by atoms with Gasteiger partial charge in [-0.05, 0) is 43.0 Å². The number of nitrogens with one attached hydrogen (secondary N) is 1. The van der Waals surface area contributed by atoms with Crippen LogP contribution < -0.4 is 5.32 Å². The molecule has 0 atom stereocenters. The molecule has 0 spiro atoms. The lowest BCUT2D eigenvalue weighted by Crippen LogP contribution is -2.38. The second-order valence-electron chi connectivity index (χ2n) is 5.86. The third-order valence-electron chi connectivity index (χ3n) is 4.02. The molecule has 1 amide bonds. The predicted octanol–water partition coefficient (Wildman–Crippen LogP) is 3.78. The number of carbonyl (C=O) groups excluding carboxylic acids is 1. The SMILES string of the molecule is CC1CCN(C(=O)/C(C#N)=C\Nc2ccc(C(F)(F)F)cc2)CC1. The molecule has 1 N–H and O–H groups in total. The van der Waals surface area contributed by atoms with Crippen molar-refractivity contribution in [2.24, 2.45) is 5.92 Å². The van der Waals surface area contributed by atoms with Gasteiger partial charge in [0.2, 0.25) is 0 Å². The van der Waals surface area contributed by atoms with E-state index in [2.05, 4.69) is 12.2 Å². The average molecular weight is 337 g/mol. The quantitative estimate of drug-likeness (QED) is 0.674. The second kappa shape index (κ2) is 7.39. The van der Waals surface area contributed by atoms with Crippen LogP contribution in [0.4, 0.5) is 18.9 Å². The molecule has 128 valence electrons. The van der Waals surface area contributed by atoms with Crippen LogP contribution in [0.3, 0.4) is 0 Å². The number of rotatable bonds is 3. The van der Waals surface area contributed by atoms with E-state index in [1.54, 1.807) is 4.90 Å². The first kappa shape index (κ1) is 17.9. The number of likely N-dealkylation sites (tertiary alicyclic amines) is 1. The van der Waals surface area contributed by atoms with Crippen LogP contribution in [0.25, 0.3) is 0 Å². The molecule has 1 aliphatic heterocycles. The minimum atomic E-state index is -4.40. The molecule has 1 aromatic carbocycles. The number of carbonyl (C=O) groups is 1. The summed E-state index contributed by atoms with van der Waals surface area (Å²) in [6.45, 7) is 3.34. The van der Waals surface area contributed by atoms with Crippen LogP contribution in [0, 0.1) is 17.2 Å². The molecule has 0 aromatic heterocycles. The van der Waals surface area contributed by atoms with Crippen molar-refractivity contribution >= 4 is 11.6 Å². The number of hydrogen-bond acceptors (Lipinski definition) is 3. The first-order chi connectivity index (χ1) is 11.3. The van der Waals surface area contributed by atoms with Crippen LogP contribution in [0.1, 0.15) is 25.3 Å². The van der Waals surface area contributed by atoms with Gasteiger partial charge >= 0.3 is 6.18 Å². The summed E-state index contributed by atoms with van der Waals surface area (Å²) in [6, 6.07) is 6.23. The topological polar surface area (TPSA) is 56.1 Å². The van der Waals surface area contributed by atoms with Gasteiger partial charge < -0.3 is 10.2 Å². The monoisotopic (exact) mass is 337 g/mol. The van der Waals surface area contributed by atoms with Gasteiger partial charge in [0.05, 0.1) is 5.56 Å². The van der Waals surface area contributed by atoms with Crippen molar-refractivity contribution in [3.63, 3.8) is 0 Å². The van der Waals surface area contributed by atoms with Crippen LogP contribution in [0.15, 0.2) is 36.0 Å². The minimum Gasteiger partial charge on any atom is -0.360 e. The zero-order valence-corrected chi connectivity index (χ0v) is 13.2. The fourth-order valence-corrected chi connectivity index (χ4v) is 2.43. The Kier molecular flexibility index (Phi) is 5.50. The minimum absolute atomic E-state index is 0.0653. The molecule has 24 heavy (non-hydrogen) atoms. The van der Waals surface area contributed by atoms with Crippen LogP contribution in [-0.2, 0) is 11.0 Å². The number of piperidine rings is 1. The highest BCUT2D eigenvalue weighted by atomic mass is 19.4. The number of alkyl halides is 3. The zero-order valence-electron chi connectivity index (χ0n) is 13.2. The van der Waals surface area contributed by atoms with Gasteiger partial charge in [0.25, 0.3) is 5.91 Å². The van der Waals surface area contributed by atoms with Gasteiger partial charge in [-0.3, -0.25) is 4.79 Å². The molecular weight excluding hydrogens is 319 g/mol. The van der Waals surface area contributed by atoms with Crippen molar-refractivity contribution in [1.82, 2.24) is 4.90 Å². The Hall–Kier alpha value is -2.49. The number of hydrogen-bond donors (Lipinski definition) is 1. The molecule has 1 fully saturated rings. The van der Waals surface area contributed by atoms with E-state index in [-0.39, 0.29) is 11.5 Å². The fourth-order valence-electron chi connectivity index (χ4n) is 2.43. The summed E-state index contributed by atoms with van der Waals surface area (Å²) in [5.74, 6) is 0.206. The van der Waals surface area contributed by atoms with Crippen molar-refractivity contribution in [2.45, 2.75) is 25.9 Å². The highest BCUT2D eigenvalue weighted by Crippen LogP contribution is 2.29. The van der Waals surface area contributed by atoms with Crippen molar-refractivity contribution in [3.8, 4) is 6.07 Å². The standard InChI is InChI=1S/C17H18F3N3O/c1-12-6-8-23(9-7-12)16(24)13(10-21)11-22-15-4-2-14(3-5-15)17(18,19)20/h2-5,11-12,22H,6-9H2,1H3/b13-11-. The van der Waals surface area contributed by atoms with E-state index >= 15 is 0 Å². The maximum Gasteiger partial charge on any atom is 0.416 e. The first-order valence-corrected chi connectivity index (χ1v) is 7.64.